The topological polar surface area (TPSA) is 71.5 Å². The molecule has 1 aromatic heterocycles. The zero-order chi connectivity index (χ0) is 19.4. The summed E-state index contributed by atoms with van der Waals surface area (Å²) in [5, 5.41) is 12.4. The molecule has 138 valence electrons. The summed E-state index contributed by atoms with van der Waals surface area (Å²) in [6, 6.07) is 13.5. The highest BCUT2D eigenvalue weighted by molar-refractivity contribution is 9.10. The van der Waals surface area contributed by atoms with Gasteiger partial charge in [-0.3, -0.25) is 4.79 Å². The first-order valence-corrected chi connectivity index (χ1v) is 8.91. The van der Waals surface area contributed by atoms with Gasteiger partial charge in [0.05, 0.1) is 10.5 Å². The van der Waals surface area contributed by atoms with Crippen molar-refractivity contribution in [1.29, 1.82) is 0 Å². The SMILES string of the molecule is CC(NC(=O)c1cccnc1Oc1ccc(F)cc1Br)c1cccc(O)c1. The maximum atomic E-state index is 13.2. The molecule has 7 heteroatoms. The highest BCUT2D eigenvalue weighted by Crippen LogP contribution is 2.31. The predicted octanol–water partition coefficient (Wildman–Crippen LogP) is 4.97. The number of amides is 1. The fraction of sp³-hybridized carbons (Fsp3) is 0.100. The van der Waals surface area contributed by atoms with E-state index in [0.717, 1.165) is 5.56 Å². The fourth-order valence-electron chi connectivity index (χ4n) is 2.46. The second-order valence-corrected chi connectivity index (χ2v) is 6.68. The van der Waals surface area contributed by atoms with Gasteiger partial charge in [-0.05, 0) is 70.9 Å². The van der Waals surface area contributed by atoms with Crippen molar-refractivity contribution < 1.29 is 19.0 Å². The number of phenols is 1. The fourth-order valence-corrected chi connectivity index (χ4v) is 2.89. The van der Waals surface area contributed by atoms with Crippen LogP contribution in [0.4, 0.5) is 4.39 Å². The molecule has 2 N–H and O–H groups in total. The number of ether oxygens (including phenoxy) is 1. The van der Waals surface area contributed by atoms with Crippen LogP contribution >= 0.6 is 15.9 Å². The lowest BCUT2D eigenvalue weighted by Crippen LogP contribution is -2.27. The number of hydrogen-bond acceptors (Lipinski definition) is 4. The molecule has 2 aromatic carbocycles. The van der Waals surface area contributed by atoms with Crippen LogP contribution in [0, 0.1) is 5.82 Å². The number of benzene rings is 2. The van der Waals surface area contributed by atoms with E-state index in [1.54, 1.807) is 43.3 Å². The van der Waals surface area contributed by atoms with Crippen molar-refractivity contribution in [3.63, 3.8) is 0 Å². The molecule has 0 saturated carbocycles. The van der Waals surface area contributed by atoms with Gasteiger partial charge in [-0.15, -0.1) is 0 Å². The van der Waals surface area contributed by atoms with E-state index < -0.39 is 5.82 Å². The first kappa shape index (κ1) is 18.8. The van der Waals surface area contributed by atoms with Crippen LogP contribution in [0.15, 0.2) is 65.3 Å². The summed E-state index contributed by atoms with van der Waals surface area (Å²) in [6.07, 6.45) is 1.50. The molecule has 27 heavy (non-hydrogen) atoms. The van der Waals surface area contributed by atoms with Crippen molar-refractivity contribution in [3.8, 4) is 17.4 Å². The van der Waals surface area contributed by atoms with E-state index in [4.69, 9.17) is 4.74 Å². The number of hydrogen-bond donors (Lipinski definition) is 2. The number of rotatable bonds is 5. The zero-order valence-electron chi connectivity index (χ0n) is 14.3. The van der Waals surface area contributed by atoms with Gasteiger partial charge in [0, 0.05) is 6.20 Å². The first-order chi connectivity index (χ1) is 12.9. The Hall–Kier alpha value is -2.93. The third-order valence-electron chi connectivity index (χ3n) is 3.83. The van der Waals surface area contributed by atoms with Crippen LogP contribution in [-0.2, 0) is 0 Å². The van der Waals surface area contributed by atoms with Gasteiger partial charge < -0.3 is 15.2 Å². The Labute approximate surface area is 164 Å². The average Bonchev–Trinajstić information content (AvgIpc) is 2.64. The van der Waals surface area contributed by atoms with E-state index in [0.29, 0.717) is 10.2 Å². The zero-order valence-corrected chi connectivity index (χ0v) is 15.9. The maximum Gasteiger partial charge on any atom is 0.257 e. The summed E-state index contributed by atoms with van der Waals surface area (Å²) in [7, 11) is 0. The predicted molar refractivity (Wildman–Crippen MR) is 102 cm³/mol. The normalized spacial score (nSPS) is 11.7. The Bertz CT molecular complexity index is 981. The molecule has 0 aliphatic heterocycles. The molecule has 0 saturated heterocycles. The molecule has 1 unspecified atom stereocenters. The maximum absolute atomic E-state index is 13.2. The molecule has 1 atom stereocenters. The molecule has 3 aromatic rings. The number of aromatic nitrogens is 1. The quantitative estimate of drug-likeness (QED) is 0.599. The Kier molecular flexibility index (Phi) is 5.71. The van der Waals surface area contributed by atoms with Crippen LogP contribution in [0.2, 0.25) is 0 Å². The molecule has 0 fully saturated rings. The summed E-state index contributed by atoms with van der Waals surface area (Å²) in [4.78, 5) is 16.8. The van der Waals surface area contributed by atoms with Crippen molar-refractivity contribution in [2.45, 2.75) is 13.0 Å². The van der Waals surface area contributed by atoms with E-state index in [1.807, 2.05) is 0 Å². The van der Waals surface area contributed by atoms with Gasteiger partial charge in [-0.2, -0.15) is 0 Å². The highest BCUT2D eigenvalue weighted by atomic mass is 79.9. The number of aromatic hydroxyl groups is 1. The van der Waals surface area contributed by atoms with Crippen LogP contribution in [0.25, 0.3) is 0 Å². The molecule has 1 heterocycles. The molecule has 5 nitrogen and oxygen atoms in total. The summed E-state index contributed by atoms with van der Waals surface area (Å²) in [6.45, 7) is 1.81. The lowest BCUT2D eigenvalue weighted by Gasteiger charge is -2.16. The smallest absolute Gasteiger partial charge is 0.257 e. The molecule has 3 rings (SSSR count). The average molecular weight is 431 g/mol. The second kappa shape index (κ2) is 8.18. The van der Waals surface area contributed by atoms with Gasteiger partial charge in [0.1, 0.15) is 22.9 Å². The van der Waals surface area contributed by atoms with Gasteiger partial charge in [-0.1, -0.05) is 12.1 Å². The number of carbonyl (C=O) groups excluding carboxylic acids is 1. The van der Waals surface area contributed by atoms with Crippen LogP contribution in [0.1, 0.15) is 28.9 Å². The van der Waals surface area contributed by atoms with Crippen molar-refractivity contribution >= 4 is 21.8 Å². The minimum Gasteiger partial charge on any atom is -0.508 e. The lowest BCUT2D eigenvalue weighted by atomic mass is 10.1. The number of phenolic OH excluding ortho intramolecular Hbond substituents is 1. The van der Waals surface area contributed by atoms with Crippen molar-refractivity contribution in [3.05, 3.63) is 82.2 Å². The highest BCUT2D eigenvalue weighted by Gasteiger charge is 2.18. The molecule has 0 aliphatic rings. The van der Waals surface area contributed by atoms with Crippen LogP contribution in [0.3, 0.4) is 0 Å². The Morgan fingerprint density at radius 3 is 2.78 bits per heavy atom. The number of halogens is 2. The molecule has 0 bridgehead atoms. The molecule has 0 spiro atoms. The first-order valence-electron chi connectivity index (χ1n) is 8.12. The third-order valence-corrected chi connectivity index (χ3v) is 4.45. The van der Waals surface area contributed by atoms with E-state index in [9.17, 15) is 14.3 Å². The number of nitrogens with one attached hydrogen (secondary N) is 1. The van der Waals surface area contributed by atoms with Crippen LogP contribution in [-0.4, -0.2) is 16.0 Å². The van der Waals surface area contributed by atoms with Crippen molar-refractivity contribution in [2.24, 2.45) is 0 Å². The van der Waals surface area contributed by atoms with Gasteiger partial charge in [-0.25, -0.2) is 9.37 Å². The molecule has 0 radical (unpaired) electrons. The third kappa shape index (κ3) is 4.62. The summed E-state index contributed by atoms with van der Waals surface area (Å²) in [5.41, 5.74) is 0.997. The van der Waals surface area contributed by atoms with Crippen LogP contribution < -0.4 is 10.1 Å². The van der Waals surface area contributed by atoms with E-state index in [1.165, 1.54) is 24.4 Å². The molecule has 1 amide bonds. The van der Waals surface area contributed by atoms with E-state index >= 15 is 0 Å². The van der Waals surface area contributed by atoms with Crippen molar-refractivity contribution in [2.75, 3.05) is 0 Å². The number of nitrogens with zero attached hydrogens (tertiary/aromatic N) is 1. The molecular formula is C20H16BrFN2O3. The van der Waals surface area contributed by atoms with Gasteiger partial charge >= 0.3 is 0 Å². The minimum absolute atomic E-state index is 0.102. The summed E-state index contributed by atoms with van der Waals surface area (Å²) < 4.78 is 19.4. The van der Waals surface area contributed by atoms with Gasteiger partial charge in [0.15, 0.2) is 0 Å². The molecule has 0 aliphatic carbocycles. The Morgan fingerprint density at radius 1 is 1.22 bits per heavy atom. The number of pyridine rings is 1. The van der Waals surface area contributed by atoms with Gasteiger partial charge in [0.2, 0.25) is 5.88 Å². The van der Waals surface area contributed by atoms with E-state index in [2.05, 4.69) is 26.2 Å². The van der Waals surface area contributed by atoms with Crippen molar-refractivity contribution in [1.82, 2.24) is 10.3 Å². The second-order valence-electron chi connectivity index (χ2n) is 5.82. The van der Waals surface area contributed by atoms with Gasteiger partial charge in [0.25, 0.3) is 5.91 Å². The molecular weight excluding hydrogens is 415 g/mol. The number of carbonyl (C=O) groups is 1. The van der Waals surface area contributed by atoms with E-state index in [-0.39, 0.29) is 29.1 Å². The minimum atomic E-state index is -0.409. The Morgan fingerprint density at radius 2 is 2.04 bits per heavy atom. The lowest BCUT2D eigenvalue weighted by molar-refractivity contribution is 0.0936. The summed E-state index contributed by atoms with van der Waals surface area (Å²) in [5.74, 6) is -0.226. The van der Waals surface area contributed by atoms with Crippen LogP contribution in [0.5, 0.6) is 17.4 Å². The largest absolute Gasteiger partial charge is 0.508 e. The Balaban J connectivity index is 1.81. The standard InChI is InChI=1S/C20H16BrFN2O3/c1-12(13-4-2-5-15(25)10-13)24-19(26)16-6-3-9-23-20(16)27-18-8-7-14(22)11-17(18)21/h2-12,25H,1H3,(H,24,26). The summed E-state index contributed by atoms with van der Waals surface area (Å²) >= 11 is 3.23. The monoisotopic (exact) mass is 430 g/mol.